The number of benzene rings is 1. The van der Waals surface area contributed by atoms with Crippen molar-refractivity contribution in [3.05, 3.63) is 34.6 Å². The average molecular weight is 177 g/mol. The number of halogens is 1. The summed E-state index contributed by atoms with van der Waals surface area (Å²) in [6.07, 6.45) is 0.704. The summed E-state index contributed by atoms with van der Waals surface area (Å²) in [5.74, 6) is -0.796. The van der Waals surface area contributed by atoms with Crippen molar-refractivity contribution < 1.29 is 14.0 Å². The van der Waals surface area contributed by atoms with Crippen LogP contribution in [0.5, 0.6) is 0 Å². The van der Waals surface area contributed by atoms with Crippen molar-refractivity contribution >= 4 is 12.6 Å². The SMILES string of the molecule is N#Cc1c(F)ccc(C=O)c1C=O. The third kappa shape index (κ3) is 1.44. The largest absolute Gasteiger partial charge is 0.298 e. The van der Waals surface area contributed by atoms with Gasteiger partial charge in [0.1, 0.15) is 11.9 Å². The minimum atomic E-state index is -0.796. The predicted octanol–water partition coefficient (Wildman–Crippen LogP) is 1.32. The first-order valence-corrected chi connectivity index (χ1v) is 3.37. The van der Waals surface area contributed by atoms with Crippen LogP contribution >= 0.6 is 0 Å². The fourth-order valence-electron chi connectivity index (χ4n) is 0.952. The molecule has 4 heteroatoms. The molecule has 1 aromatic carbocycles. The van der Waals surface area contributed by atoms with E-state index in [0.717, 1.165) is 12.1 Å². The van der Waals surface area contributed by atoms with Gasteiger partial charge >= 0.3 is 0 Å². The third-order valence-electron chi connectivity index (χ3n) is 1.59. The minimum Gasteiger partial charge on any atom is -0.298 e. The number of carbonyl (C=O) groups is 2. The molecule has 0 aliphatic rings. The van der Waals surface area contributed by atoms with Crippen LogP contribution < -0.4 is 0 Å². The van der Waals surface area contributed by atoms with Crippen molar-refractivity contribution in [1.82, 2.24) is 0 Å². The first kappa shape index (κ1) is 9.07. The maximum absolute atomic E-state index is 12.9. The van der Waals surface area contributed by atoms with Gasteiger partial charge in [0.2, 0.25) is 0 Å². The highest BCUT2D eigenvalue weighted by Crippen LogP contribution is 2.14. The van der Waals surface area contributed by atoms with Gasteiger partial charge in [-0.1, -0.05) is 0 Å². The number of hydrogen-bond acceptors (Lipinski definition) is 3. The summed E-state index contributed by atoms with van der Waals surface area (Å²) in [6, 6.07) is 3.67. The molecule has 1 rings (SSSR count). The fourth-order valence-corrected chi connectivity index (χ4v) is 0.952. The molecule has 3 nitrogen and oxygen atoms in total. The maximum Gasteiger partial charge on any atom is 0.152 e. The molecule has 0 N–H and O–H groups in total. The van der Waals surface area contributed by atoms with Crippen molar-refractivity contribution in [3.8, 4) is 6.07 Å². The molecule has 1 aromatic rings. The van der Waals surface area contributed by atoms with Crippen LogP contribution in [0, 0.1) is 17.1 Å². The summed E-state index contributed by atoms with van der Waals surface area (Å²) in [7, 11) is 0. The van der Waals surface area contributed by atoms with E-state index in [1.54, 1.807) is 0 Å². The summed E-state index contributed by atoms with van der Waals surface area (Å²) in [5.41, 5.74) is -0.565. The molecule has 0 fully saturated rings. The Bertz CT molecular complexity index is 407. The Labute approximate surface area is 73.4 Å². The van der Waals surface area contributed by atoms with Crippen LogP contribution in [0.25, 0.3) is 0 Å². The molecular formula is C9H4FNO2. The number of carbonyl (C=O) groups excluding carboxylic acids is 2. The number of rotatable bonds is 2. The molecule has 0 spiro atoms. The van der Waals surface area contributed by atoms with E-state index in [4.69, 9.17) is 5.26 Å². The van der Waals surface area contributed by atoms with Crippen LogP contribution in [0.2, 0.25) is 0 Å². The molecule has 13 heavy (non-hydrogen) atoms. The molecule has 64 valence electrons. The average Bonchev–Trinajstić information content (AvgIpc) is 2.17. The number of aldehydes is 2. The highest BCUT2D eigenvalue weighted by molar-refractivity contribution is 5.92. The highest BCUT2D eigenvalue weighted by Gasteiger charge is 2.11. The Hall–Kier alpha value is -2.02. The quantitative estimate of drug-likeness (QED) is 0.640. The van der Waals surface area contributed by atoms with Crippen LogP contribution in [-0.2, 0) is 0 Å². The smallest absolute Gasteiger partial charge is 0.152 e. The molecule has 0 radical (unpaired) electrons. The Kier molecular flexibility index (Phi) is 2.50. The van der Waals surface area contributed by atoms with E-state index in [1.807, 2.05) is 0 Å². The van der Waals surface area contributed by atoms with Crippen molar-refractivity contribution in [3.63, 3.8) is 0 Å². The van der Waals surface area contributed by atoms with Crippen LogP contribution in [0.3, 0.4) is 0 Å². The monoisotopic (exact) mass is 177 g/mol. The van der Waals surface area contributed by atoms with E-state index < -0.39 is 5.82 Å². The summed E-state index contributed by atoms with van der Waals surface area (Å²) in [6.45, 7) is 0. The van der Waals surface area contributed by atoms with Gasteiger partial charge in [-0.05, 0) is 12.1 Å². The highest BCUT2D eigenvalue weighted by atomic mass is 19.1. The summed E-state index contributed by atoms with van der Waals surface area (Å²) >= 11 is 0. The zero-order valence-electron chi connectivity index (χ0n) is 6.45. The number of hydrogen-bond donors (Lipinski definition) is 0. The Morgan fingerprint density at radius 1 is 1.31 bits per heavy atom. The first-order chi connectivity index (χ1) is 6.24. The Balaban J connectivity index is 3.56. The van der Waals surface area contributed by atoms with E-state index in [0.29, 0.717) is 12.6 Å². The molecule has 0 aliphatic carbocycles. The van der Waals surface area contributed by atoms with Gasteiger partial charge in [0.05, 0.1) is 5.56 Å². The molecule has 0 aliphatic heterocycles. The Morgan fingerprint density at radius 2 is 2.00 bits per heavy atom. The zero-order chi connectivity index (χ0) is 9.84. The Morgan fingerprint density at radius 3 is 2.46 bits per heavy atom. The normalized spacial score (nSPS) is 8.92. The second kappa shape index (κ2) is 3.59. The van der Waals surface area contributed by atoms with Gasteiger partial charge < -0.3 is 0 Å². The summed E-state index contributed by atoms with van der Waals surface area (Å²) < 4.78 is 12.9. The minimum absolute atomic E-state index is 0.0213. The molecule has 0 saturated carbocycles. The van der Waals surface area contributed by atoms with Gasteiger partial charge in [-0.2, -0.15) is 5.26 Å². The standard InChI is InChI=1S/C9H4FNO2/c10-9-2-1-6(4-12)8(5-13)7(9)3-11/h1-2,4-5H. The lowest BCUT2D eigenvalue weighted by molar-refractivity contribution is 0.109. The molecule has 0 aromatic heterocycles. The van der Waals surface area contributed by atoms with Crippen LogP contribution in [0.1, 0.15) is 26.3 Å². The topological polar surface area (TPSA) is 57.9 Å². The fraction of sp³-hybridized carbons (Fsp3) is 0. The van der Waals surface area contributed by atoms with Gasteiger partial charge in [-0.25, -0.2) is 4.39 Å². The number of nitrogens with zero attached hydrogens (tertiary/aromatic N) is 1. The molecule has 0 bridgehead atoms. The van der Waals surface area contributed by atoms with Gasteiger partial charge in [0, 0.05) is 11.1 Å². The van der Waals surface area contributed by atoms with E-state index in [9.17, 15) is 14.0 Å². The number of nitriles is 1. The lowest BCUT2D eigenvalue weighted by atomic mass is 10.0. The maximum atomic E-state index is 12.9. The molecule has 0 saturated heterocycles. The van der Waals surface area contributed by atoms with E-state index in [-0.39, 0.29) is 16.7 Å². The van der Waals surface area contributed by atoms with Crippen molar-refractivity contribution in [2.24, 2.45) is 0 Å². The lowest BCUT2D eigenvalue weighted by Crippen LogP contribution is -1.98. The molecule has 0 atom stereocenters. The van der Waals surface area contributed by atoms with Gasteiger partial charge in [0.15, 0.2) is 12.6 Å². The summed E-state index contributed by atoms with van der Waals surface area (Å²) in [5, 5.41) is 8.49. The first-order valence-electron chi connectivity index (χ1n) is 3.37. The second-order valence-corrected chi connectivity index (χ2v) is 2.27. The van der Waals surface area contributed by atoms with Gasteiger partial charge in [-0.15, -0.1) is 0 Å². The molecule has 0 amide bonds. The van der Waals surface area contributed by atoms with Crippen LogP contribution in [0.4, 0.5) is 4.39 Å². The molecule has 0 heterocycles. The third-order valence-corrected chi connectivity index (χ3v) is 1.59. The van der Waals surface area contributed by atoms with Crippen LogP contribution in [-0.4, -0.2) is 12.6 Å². The molecular weight excluding hydrogens is 173 g/mol. The second-order valence-electron chi connectivity index (χ2n) is 2.27. The van der Waals surface area contributed by atoms with E-state index in [2.05, 4.69) is 0 Å². The van der Waals surface area contributed by atoms with Crippen molar-refractivity contribution in [2.45, 2.75) is 0 Å². The lowest BCUT2D eigenvalue weighted by Gasteiger charge is -1.99. The van der Waals surface area contributed by atoms with Crippen LogP contribution in [0.15, 0.2) is 12.1 Å². The molecule has 0 unspecified atom stereocenters. The summed E-state index contributed by atoms with van der Waals surface area (Å²) in [4.78, 5) is 20.8. The predicted molar refractivity (Wildman–Crippen MR) is 41.9 cm³/mol. The van der Waals surface area contributed by atoms with Gasteiger partial charge in [-0.3, -0.25) is 9.59 Å². The van der Waals surface area contributed by atoms with Crippen molar-refractivity contribution in [2.75, 3.05) is 0 Å². The van der Waals surface area contributed by atoms with E-state index >= 15 is 0 Å². The van der Waals surface area contributed by atoms with E-state index in [1.165, 1.54) is 6.07 Å². The zero-order valence-corrected chi connectivity index (χ0v) is 6.45. The van der Waals surface area contributed by atoms with Crippen molar-refractivity contribution in [1.29, 1.82) is 5.26 Å². The van der Waals surface area contributed by atoms with Gasteiger partial charge in [0.25, 0.3) is 0 Å².